The number of hydrogen-bond donors (Lipinski definition) is 5. The van der Waals surface area contributed by atoms with Crippen molar-refractivity contribution in [3.05, 3.63) is 196 Å². The summed E-state index contributed by atoms with van der Waals surface area (Å²) in [5.41, 5.74) is 0.348. The van der Waals surface area contributed by atoms with Gasteiger partial charge in [0.2, 0.25) is 0 Å². The molecule has 1 unspecified atom stereocenters. The summed E-state index contributed by atoms with van der Waals surface area (Å²) in [6, 6.07) is 24.1. The van der Waals surface area contributed by atoms with Crippen LogP contribution in [0.4, 0.5) is 4.79 Å². The Balaban J connectivity index is 1.26. The first-order valence-corrected chi connectivity index (χ1v) is 28.6. The third-order valence-corrected chi connectivity index (χ3v) is 14.2. The van der Waals surface area contributed by atoms with Crippen LogP contribution in [-0.2, 0) is 46.1 Å². The van der Waals surface area contributed by atoms with Crippen molar-refractivity contribution >= 4 is 29.7 Å². The number of alkyl carbamates (subject to hydrolysis) is 1. The van der Waals surface area contributed by atoms with Gasteiger partial charge in [0, 0.05) is 147 Å². The number of benzene rings is 2. The summed E-state index contributed by atoms with van der Waals surface area (Å²) in [5, 5.41) is 14.8. The van der Waals surface area contributed by atoms with Crippen molar-refractivity contribution in [2.75, 3.05) is 65.4 Å². The monoisotopic (exact) mass is 1180 g/mol. The molecule has 0 fully saturated rings. The second-order valence-corrected chi connectivity index (χ2v) is 22.0. The van der Waals surface area contributed by atoms with Crippen molar-refractivity contribution < 1.29 is 38.2 Å². The number of ether oxygens (including phenoxy) is 3. The number of hydrogen-bond acceptors (Lipinski definition) is 14. The number of aromatic nitrogens is 4. The average molecular weight is 1180 g/mol. The minimum absolute atomic E-state index is 0.0428. The molecule has 4 aromatic heterocycles. The van der Waals surface area contributed by atoms with Gasteiger partial charge in [0.1, 0.15) is 18.8 Å². The first-order chi connectivity index (χ1) is 41.0. The van der Waals surface area contributed by atoms with E-state index in [4.69, 9.17) is 14.2 Å². The Morgan fingerprint density at radius 2 is 0.872 bits per heavy atom. The molecule has 0 bridgehead atoms. The van der Waals surface area contributed by atoms with Gasteiger partial charge in [-0.25, -0.2) is 4.79 Å². The quantitative estimate of drug-likeness (QED) is 0.0400. The lowest BCUT2D eigenvalue weighted by atomic mass is 10.1. The molecule has 0 saturated carbocycles. The molecule has 2 aromatic carbocycles. The zero-order valence-corrected chi connectivity index (χ0v) is 50.7. The summed E-state index contributed by atoms with van der Waals surface area (Å²) in [5.74, 6) is -2.25. The summed E-state index contributed by atoms with van der Waals surface area (Å²) >= 11 is 0. The number of unbranched alkanes of at least 4 members (excludes halogenated alkanes) is 1. The highest BCUT2D eigenvalue weighted by molar-refractivity contribution is 5.98. The molecule has 0 aliphatic carbocycles. The molecule has 5 amide bonds. The molecule has 86 heavy (non-hydrogen) atoms. The standard InChI is InChI=1S/C63H81N11O12/c1-43-48(23-31-69(6)58(43)79)54(75)64-30-37-74(40-47(22-16-17-27-67-62(83)86-63(3,4)5)68-57(78)49-24-32-70(7)59(80)44(49)2)39-38-73(35-28-65-55(76)50-25-33-71(8)60(81)52(50)84-41-45-18-12-10-13-19-45)36-29-66-56(77)51-26-34-72(9)61(82)53(51)85-42-46-20-14-11-15-21-46/h10-15,18-21,23-26,31-34,47H,16-17,22,27-30,35-42H2,1-9H3,(H,64,75)(H,65,76)(H,66,77)(H,67,83)(H,68,78). The molecule has 23 nitrogen and oxygen atoms in total. The van der Waals surface area contributed by atoms with E-state index < -0.39 is 52.5 Å². The maximum atomic E-state index is 14.1. The molecule has 460 valence electrons. The molecule has 5 N–H and O–H groups in total. The van der Waals surface area contributed by atoms with Crippen LogP contribution >= 0.6 is 0 Å². The van der Waals surface area contributed by atoms with Gasteiger partial charge in [0.25, 0.3) is 45.9 Å². The smallest absolute Gasteiger partial charge is 0.407 e. The molecule has 4 heterocycles. The van der Waals surface area contributed by atoms with Crippen molar-refractivity contribution in [2.45, 2.75) is 78.7 Å². The van der Waals surface area contributed by atoms with Gasteiger partial charge in [-0.15, -0.1) is 0 Å². The minimum Gasteiger partial charge on any atom is -0.482 e. The predicted octanol–water partition coefficient (Wildman–Crippen LogP) is 3.94. The fraction of sp³-hybridized carbons (Fsp3) is 0.413. The minimum atomic E-state index is -0.690. The number of pyridine rings is 4. The molecule has 6 aromatic rings. The molecule has 0 aliphatic heterocycles. The van der Waals surface area contributed by atoms with Gasteiger partial charge in [-0.3, -0.25) is 48.2 Å². The van der Waals surface area contributed by atoms with Crippen LogP contribution in [0.15, 0.2) is 129 Å². The molecule has 23 heteroatoms. The van der Waals surface area contributed by atoms with Crippen LogP contribution in [0.3, 0.4) is 0 Å². The van der Waals surface area contributed by atoms with Crippen LogP contribution in [0.5, 0.6) is 11.5 Å². The second-order valence-electron chi connectivity index (χ2n) is 22.0. The highest BCUT2D eigenvalue weighted by Gasteiger charge is 2.24. The molecule has 1 atom stereocenters. The van der Waals surface area contributed by atoms with Gasteiger partial charge in [0.15, 0.2) is 11.5 Å². The number of carbonyl (C=O) groups is 5. The van der Waals surface area contributed by atoms with Crippen molar-refractivity contribution in [3.63, 3.8) is 0 Å². The Morgan fingerprint density at radius 3 is 1.33 bits per heavy atom. The maximum Gasteiger partial charge on any atom is 0.407 e. The molecule has 0 radical (unpaired) electrons. The van der Waals surface area contributed by atoms with E-state index in [0.717, 1.165) is 11.1 Å². The molecule has 0 spiro atoms. The first kappa shape index (κ1) is 66.1. The van der Waals surface area contributed by atoms with Gasteiger partial charge in [0.05, 0.1) is 11.1 Å². The largest absolute Gasteiger partial charge is 0.482 e. The predicted molar refractivity (Wildman–Crippen MR) is 327 cm³/mol. The third-order valence-electron chi connectivity index (χ3n) is 14.2. The SMILES string of the molecule is Cc1c(C(=O)NCCN(CCN(CCNC(=O)c2ccn(C)c(=O)c2OCc2ccccc2)CCNC(=O)c2ccn(C)c(=O)c2OCc2ccccc2)CC(CCCCNC(=O)OC(C)(C)C)NC(=O)c2ccn(C)c(=O)c2C)ccn(C)c1=O. The number of amides is 5. The van der Waals surface area contributed by atoms with E-state index in [1.54, 1.807) is 74.9 Å². The number of nitrogens with one attached hydrogen (secondary N) is 5. The van der Waals surface area contributed by atoms with Crippen molar-refractivity contribution in [1.29, 1.82) is 0 Å². The van der Waals surface area contributed by atoms with E-state index in [2.05, 4.69) is 26.6 Å². The fourth-order valence-corrected chi connectivity index (χ4v) is 9.30. The summed E-state index contributed by atoms with van der Waals surface area (Å²) in [6.07, 6.45) is 6.98. The zero-order chi connectivity index (χ0) is 62.5. The Labute approximate surface area is 500 Å². The molecule has 0 saturated heterocycles. The number of carbonyl (C=O) groups excluding carboxylic acids is 5. The highest BCUT2D eigenvalue weighted by atomic mass is 16.6. The summed E-state index contributed by atoms with van der Waals surface area (Å²) in [7, 11) is 6.33. The van der Waals surface area contributed by atoms with Gasteiger partial charge in [-0.2, -0.15) is 0 Å². The van der Waals surface area contributed by atoms with Crippen LogP contribution in [0.1, 0.15) is 104 Å². The fourth-order valence-electron chi connectivity index (χ4n) is 9.30. The molecular weight excluding hydrogens is 1100 g/mol. The van der Waals surface area contributed by atoms with Gasteiger partial charge in [-0.05, 0) is 89.3 Å². The van der Waals surface area contributed by atoms with E-state index in [1.807, 2.05) is 70.5 Å². The molecule has 6 rings (SSSR count). The Kier molecular flexibility index (Phi) is 24.4. The topological polar surface area (TPSA) is 268 Å². The van der Waals surface area contributed by atoms with Crippen molar-refractivity contribution in [3.8, 4) is 11.5 Å². The molecular formula is C63H81N11O12. The summed E-state index contributed by atoms with van der Waals surface area (Å²) in [6.45, 7) is 10.7. The second kappa shape index (κ2) is 31.7. The third kappa shape index (κ3) is 19.5. The van der Waals surface area contributed by atoms with Gasteiger partial charge < -0.3 is 59.1 Å². The normalized spacial score (nSPS) is 11.7. The van der Waals surface area contributed by atoms with Crippen LogP contribution < -0.4 is 58.3 Å². The lowest BCUT2D eigenvalue weighted by Gasteiger charge is -2.31. The van der Waals surface area contributed by atoms with Crippen LogP contribution in [0.2, 0.25) is 0 Å². The summed E-state index contributed by atoms with van der Waals surface area (Å²) in [4.78, 5) is 125. The van der Waals surface area contributed by atoms with Crippen LogP contribution in [-0.4, -0.2) is 135 Å². The Morgan fingerprint density at radius 1 is 0.477 bits per heavy atom. The molecule has 0 aliphatic rings. The number of rotatable bonds is 30. The average Bonchev–Trinajstić information content (AvgIpc) is 1.70. The highest BCUT2D eigenvalue weighted by Crippen LogP contribution is 2.17. The van der Waals surface area contributed by atoms with E-state index >= 15 is 0 Å². The van der Waals surface area contributed by atoms with Crippen molar-refractivity contribution in [1.82, 2.24) is 54.7 Å². The van der Waals surface area contributed by atoms with Gasteiger partial charge >= 0.3 is 6.09 Å². The summed E-state index contributed by atoms with van der Waals surface area (Å²) < 4.78 is 22.8. The maximum absolute atomic E-state index is 14.1. The van der Waals surface area contributed by atoms with E-state index in [0.29, 0.717) is 38.9 Å². The zero-order valence-electron chi connectivity index (χ0n) is 50.7. The lowest BCUT2D eigenvalue weighted by molar-refractivity contribution is 0.0526. The number of nitrogens with zero attached hydrogens (tertiary/aromatic N) is 6. The van der Waals surface area contributed by atoms with E-state index in [1.165, 1.54) is 55.2 Å². The van der Waals surface area contributed by atoms with Crippen LogP contribution in [0.25, 0.3) is 0 Å². The number of aryl methyl sites for hydroxylation is 4. The van der Waals surface area contributed by atoms with Crippen LogP contribution in [0, 0.1) is 13.8 Å². The van der Waals surface area contributed by atoms with Crippen molar-refractivity contribution in [2.24, 2.45) is 28.2 Å². The van der Waals surface area contributed by atoms with Gasteiger partial charge in [-0.1, -0.05) is 60.7 Å². The van der Waals surface area contributed by atoms with E-state index in [-0.39, 0.29) is 115 Å². The first-order valence-electron chi connectivity index (χ1n) is 28.6. The Hall–Kier alpha value is -9.09. The van der Waals surface area contributed by atoms with E-state index in [9.17, 15) is 43.2 Å². The Bertz CT molecular complexity index is 3430. The lowest BCUT2D eigenvalue weighted by Crippen LogP contribution is -2.49.